The predicted molar refractivity (Wildman–Crippen MR) is 122 cm³/mol. The molecular weight excluding hydrogens is 384 g/mol. The molecule has 0 bridgehead atoms. The van der Waals surface area contributed by atoms with Gasteiger partial charge in [0.2, 0.25) is 0 Å². The number of nitriles is 1. The summed E-state index contributed by atoms with van der Waals surface area (Å²) in [7, 11) is 0. The minimum atomic E-state index is -0.282. The second-order valence-corrected chi connectivity index (χ2v) is 8.09. The van der Waals surface area contributed by atoms with Crippen molar-refractivity contribution >= 4 is 0 Å². The van der Waals surface area contributed by atoms with Gasteiger partial charge < -0.3 is 15.2 Å². The van der Waals surface area contributed by atoms with E-state index in [1.165, 1.54) is 11.1 Å². The lowest BCUT2D eigenvalue weighted by Crippen LogP contribution is -2.34. The van der Waals surface area contributed by atoms with Crippen LogP contribution in [0, 0.1) is 11.3 Å². The Morgan fingerprint density at radius 1 is 0.968 bits per heavy atom. The zero-order valence-electron chi connectivity index (χ0n) is 18.1. The zero-order valence-corrected chi connectivity index (χ0v) is 18.1. The van der Waals surface area contributed by atoms with E-state index in [1.54, 1.807) is 12.1 Å². The van der Waals surface area contributed by atoms with E-state index in [-0.39, 0.29) is 11.6 Å². The van der Waals surface area contributed by atoms with Gasteiger partial charge in [0.1, 0.15) is 23.4 Å². The SMILES string of the molecule is CCC(N)(CC)c1ccc(O[C@@H]2CCc3c(Oc4ccc(C#N)cc4)cccc32)cc1. The van der Waals surface area contributed by atoms with Crippen molar-refractivity contribution in [2.45, 2.75) is 51.2 Å². The number of hydrogen-bond acceptors (Lipinski definition) is 4. The van der Waals surface area contributed by atoms with E-state index in [2.05, 4.69) is 38.1 Å². The molecule has 1 aliphatic carbocycles. The number of nitrogens with two attached hydrogens (primary N) is 1. The predicted octanol–water partition coefficient (Wildman–Crippen LogP) is 6.39. The number of rotatable bonds is 7. The second kappa shape index (κ2) is 8.83. The first-order chi connectivity index (χ1) is 15.1. The van der Waals surface area contributed by atoms with Gasteiger partial charge >= 0.3 is 0 Å². The fraction of sp³-hybridized carbons (Fsp3) is 0.296. The van der Waals surface area contributed by atoms with Crippen molar-refractivity contribution in [1.29, 1.82) is 5.26 Å². The fourth-order valence-corrected chi connectivity index (χ4v) is 4.21. The van der Waals surface area contributed by atoms with Crippen LogP contribution in [0.4, 0.5) is 0 Å². The summed E-state index contributed by atoms with van der Waals surface area (Å²) in [5, 5.41) is 8.96. The van der Waals surface area contributed by atoms with Gasteiger partial charge in [0.05, 0.1) is 11.6 Å². The van der Waals surface area contributed by atoms with Crippen molar-refractivity contribution in [2.75, 3.05) is 0 Å². The average molecular weight is 413 g/mol. The maximum Gasteiger partial charge on any atom is 0.131 e. The van der Waals surface area contributed by atoms with Crippen LogP contribution in [0.3, 0.4) is 0 Å². The summed E-state index contributed by atoms with van der Waals surface area (Å²) < 4.78 is 12.5. The molecule has 4 rings (SSSR count). The van der Waals surface area contributed by atoms with Gasteiger partial charge in [-0.05, 0) is 79.3 Å². The lowest BCUT2D eigenvalue weighted by Gasteiger charge is -2.27. The molecule has 1 aliphatic rings. The third-order valence-electron chi connectivity index (χ3n) is 6.35. The van der Waals surface area contributed by atoms with E-state index in [1.807, 2.05) is 36.4 Å². The van der Waals surface area contributed by atoms with Crippen molar-refractivity contribution < 1.29 is 9.47 Å². The summed E-state index contributed by atoms with van der Waals surface area (Å²) in [6.07, 6.45) is 3.63. The summed E-state index contributed by atoms with van der Waals surface area (Å²) >= 11 is 0. The molecule has 0 fully saturated rings. The third kappa shape index (κ3) is 4.28. The van der Waals surface area contributed by atoms with Crippen molar-refractivity contribution in [2.24, 2.45) is 5.73 Å². The van der Waals surface area contributed by atoms with E-state index in [0.717, 1.165) is 48.5 Å². The van der Waals surface area contributed by atoms with E-state index in [9.17, 15) is 0 Å². The molecule has 0 spiro atoms. The number of benzene rings is 3. The van der Waals surface area contributed by atoms with Crippen LogP contribution < -0.4 is 15.2 Å². The van der Waals surface area contributed by atoms with Crippen molar-refractivity contribution in [3.05, 3.63) is 89.0 Å². The Labute approximate surface area is 184 Å². The van der Waals surface area contributed by atoms with Gasteiger partial charge in [-0.3, -0.25) is 0 Å². The molecule has 0 unspecified atom stereocenters. The Morgan fingerprint density at radius 2 is 1.65 bits per heavy atom. The van der Waals surface area contributed by atoms with Crippen molar-refractivity contribution in [3.8, 4) is 23.3 Å². The number of hydrogen-bond donors (Lipinski definition) is 1. The highest BCUT2D eigenvalue weighted by Gasteiger charge is 2.28. The Bertz CT molecular complexity index is 1080. The third-order valence-corrected chi connectivity index (χ3v) is 6.35. The lowest BCUT2D eigenvalue weighted by molar-refractivity contribution is 0.207. The lowest BCUT2D eigenvalue weighted by atomic mass is 9.86. The molecule has 0 saturated heterocycles. The van der Waals surface area contributed by atoms with Crippen LogP contribution >= 0.6 is 0 Å². The number of ether oxygens (including phenoxy) is 2. The first-order valence-electron chi connectivity index (χ1n) is 10.9. The van der Waals surface area contributed by atoms with Crippen molar-refractivity contribution in [1.82, 2.24) is 0 Å². The van der Waals surface area contributed by atoms with Gasteiger partial charge in [-0.15, -0.1) is 0 Å². The fourth-order valence-electron chi connectivity index (χ4n) is 4.21. The molecule has 1 atom stereocenters. The highest BCUT2D eigenvalue weighted by atomic mass is 16.5. The Kier molecular flexibility index (Phi) is 5.97. The average Bonchev–Trinajstić information content (AvgIpc) is 3.23. The summed E-state index contributed by atoms with van der Waals surface area (Å²) in [6.45, 7) is 4.25. The summed E-state index contributed by atoms with van der Waals surface area (Å²) in [6, 6.07) is 23.6. The molecule has 0 aromatic heterocycles. The highest BCUT2D eigenvalue weighted by molar-refractivity contribution is 5.47. The molecule has 4 nitrogen and oxygen atoms in total. The molecule has 4 heteroatoms. The van der Waals surface area contributed by atoms with Crippen LogP contribution in [-0.2, 0) is 12.0 Å². The van der Waals surface area contributed by atoms with E-state index in [0.29, 0.717) is 5.56 Å². The second-order valence-electron chi connectivity index (χ2n) is 8.09. The van der Waals surface area contributed by atoms with Gasteiger partial charge in [0.25, 0.3) is 0 Å². The summed E-state index contributed by atoms with van der Waals surface area (Å²) in [4.78, 5) is 0. The normalized spacial score (nSPS) is 15.2. The highest BCUT2D eigenvalue weighted by Crippen LogP contribution is 2.41. The largest absolute Gasteiger partial charge is 0.486 e. The monoisotopic (exact) mass is 412 g/mol. The minimum absolute atomic E-state index is 0.00495. The summed E-state index contributed by atoms with van der Waals surface area (Å²) in [5.41, 5.74) is 10.4. The molecule has 3 aromatic rings. The molecule has 3 aromatic carbocycles. The van der Waals surface area contributed by atoms with Gasteiger partial charge in [-0.1, -0.05) is 38.1 Å². The topological polar surface area (TPSA) is 68.3 Å². The Balaban J connectivity index is 1.50. The first-order valence-corrected chi connectivity index (χ1v) is 10.9. The smallest absolute Gasteiger partial charge is 0.131 e. The van der Waals surface area contributed by atoms with Crippen molar-refractivity contribution in [3.63, 3.8) is 0 Å². The quantitative estimate of drug-likeness (QED) is 0.488. The first kappa shape index (κ1) is 21.0. The van der Waals surface area contributed by atoms with Crippen LogP contribution in [0.15, 0.2) is 66.7 Å². The molecule has 2 N–H and O–H groups in total. The standard InChI is InChI=1S/C27H28N2O2/c1-3-27(29,4-2)20-10-14-22(15-11-20)31-26-17-16-24-23(26)6-5-7-25(24)30-21-12-8-19(18-28)9-13-21/h5-15,26H,3-4,16-17,29H2,1-2H3/t26-/m1/s1. The summed E-state index contributed by atoms with van der Waals surface area (Å²) in [5.74, 6) is 2.43. The Morgan fingerprint density at radius 3 is 2.29 bits per heavy atom. The van der Waals surface area contributed by atoms with Crippen LogP contribution in [0.2, 0.25) is 0 Å². The van der Waals surface area contributed by atoms with E-state index >= 15 is 0 Å². The molecule has 31 heavy (non-hydrogen) atoms. The molecule has 0 amide bonds. The maximum atomic E-state index is 8.96. The zero-order chi connectivity index (χ0) is 21.8. The molecule has 0 aliphatic heterocycles. The maximum absolute atomic E-state index is 8.96. The number of fused-ring (bicyclic) bond motifs is 1. The van der Waals surface area contributed by atoms with Crippen LogP contribution in [0.1, 0.15) is 61.5 Å². The molecule has 158 valence electrons. The van der Waals surface area contributed by atoms with Gasteiger partial charge in [0.15, 0.2) is 0 Å². The molecule has 0 heterocycles. The van der Waals surface area contributed by atoms with Crippen LogP contribution in [0.25, 0.3) is 0 Å². The Hall–Kier alpha value is -3.29. The van der Waals surface area contributed by atoms with E-state index < -0.39 is 0 Å². The van der Waals surface area contributed by atoms with Crippen LogP contribution in [-0.4, -0.2) is 0 Å². The van der Waals surface area contributed by atoms with Gasteiger partial charge in [-0.25, -0.2) is 0 Å². The number of nitrogens with zero attached hydrogens (tertiary/aromatic N) is 1. The molecular formula is C27H28N2O2. The molecule has 0 radical (unpaired) electrons. The van der Waals surface area contributed by atoms with Crippen LogP contribution in [0.5, 0.6) is 17.2 Å². The van der Waals surface area contributed by atoms with Gasteiger partial charge in [0, 0.05) is 11.1 Å². The van der Waals surface area contributed by atoms with E-state index in [4.69, 9.17) is 20.5 Å². The minimum Gasteiger partial charge on any atom is -0.486 e. The van der Waals surface area contributed by atoms with Gasteiger partial charge in [-0.2, -0.15) is 5.26 Å². The molecule has 0 saturated carbocycles.